The summed E-state index contributed by atoms with van der Waals surface area (Å²) >= 11 is 5.93. The van der Waals surface area contributed by atoms with Gasteiger partial charge < -0.3 is 15.0 Å². The van der Waals surface area contributed by atoms with Gasteiger partial charge in [0.15, 0.2) is 5.88 Å². The first-order valence-corrected chi connectivity index (χ1v) is 8.91. The molecule has 0 saturated carbocycles. The molecule has 6 nitrogen and oxygen atoms in total. The van der Waals surface area contributed by atoms with Crippen LogP contribution in [0, 0.1) is 0 Å². The minimum atomic E-state index is -0.431. The molecule has 2 heterocycles. The molecule has 0 bridgehead atoms. The van der Waals surface area contributed by atoms with E-state index in [1.807, 2.05) is 0 Å². The zero-order chi connectivity index (χ0) is 20.0. The van der Waals surface area contributed by atoms with Crippen molar-refractivity contribution >= 4 is 29.1 Å². The number of halogens is 1. The SMILES string of the molecule is CN(C)C(=O)c1ccc(-c2[nH]c(O)c3c2C(=O)N=C3c2ccc(Cl)cc2)cc1. The lowest BCUT2D eigenvalue weighted by molar-refractivity contribution is 0.0827. The number of amides is 2. The number of aromatic hydroxyl groups is 1. The van der Waals surface area contributed by atoms with E-state index in [9.17, 15) is 14.7 Å². The second-order valence-electron chi connectivity index (χ2n) is 6.65. The normalized spacial score (nSPS) is 12.7. The van der Waals surface area contributed by atoms with Gasteiger partial charge in [-0.05, 0) is 29.8 Å². The molecule has 0 saturated heterocycles. The van der Waals surface area contributed by atoms with Crippen LogP contribution in [0.15, 0.2) is 53.5 Å². The van der Waals surface area contributed by atoms with Crippen LogP contribution >= 0.6 is 11.6 Å². The first kappa shape index (κ1) is 18.0. The molecule has 1 aromatic heterocycles. The van der Waals surface area contributed by atoms with Crippen molar-refractivity contribution in [3.8, 4) is 17.1 Å². The van der Waals surface area contributed by atoms with Crippen molar-refractivity contribution in [1.29, 1.82) is 0 Å². The molecule has 0 spiro atoms. The third kappa shape index (κ3) is 2.88. The fraction of sp³-hybridized carbons (Fsp3) is 0.0952. The Bertz CT molecular complexity index is 1130. The number of aromatic nitrogens is 1. The second kappa shape index (κ2) is 6.65. The Labute approximate surface area is 166 Å². The summed E-state index contributed by atoms with van der Waals surface area (Å²) in [5.74, 6) is -0.673. The molecular formula is C21H16ClN3O3. The number of fused-ring (bicyclic) bond motifs is 1. The van der Waals surface area contributed by atoms with Crippen molar-refractivity contribution in [2.45, 2.75) is 0 Å². The Kier molecular flexibility index (Phi) is 4.28. The first-order valence-electron chi connectivity index (χ1n) is 8.53. The first-order chi connectivity index (χ1) is 13.4. The molecule has 0 aliphatic carbocycles. The maximum atomic E-state index is 12.6. The number of benzene rings is 2. The number of rotatable bonds is 3. The van der Waals surface area contributed by atoms with Crippen LogP contribution in [0.1, 0.15) is 31.8 Å². The fourth-order valence-electron chi connectivity index (χ4n) is 3.22. The molecular weight excluding hydrogens is 378 g/mol. The predicted molar refractivity (Wildman–Crippen MR) is 107 cm³/mol. The van der Waals surface area contributed by atoms with Gasteiger partial charge in [-0.3, -0.25) is 9.59 Å². The van der Waals surface area contributed by atoms with Crippen molar-refractivity contribution in [3.05, 3.63) is 75.8 Å². The van der Waals surface area contributed by atoms with Crippen molar-refractivity contribution in [2.75, 3.05) is 14.1 Å². The summed E-state index contributed by atoms with van der Waals surface area (Å²) in [5, 5.41) is 11.0. The molecule has 1 aliphatic rings. The summed E-state index contributed by atoms with van der Waals surface area (Å²) in [6.45, 7) is 0. The van der Waals surface area contributed by atoms with Gasteiger partial charge in [-0.25, -0.2) is 4.99 Å². The highest BCUT2D eigenvalue weighted by molar-refractivity contribution is 6.32. The minimum absolute atomic E-state index is 0.115. The molecule has 28 heavy (non-hydrogen) atoms. The summed E-state index contributed by atoms with van der Waals surface area (Å²) in [4.78, 5) is 33.1. The molecule has 2 N–H and O–H groups in total. The topological polar surface area (TPSA) is 85.8 Å². The van der Waals surface area contributed by atoms with Crippen LogP contribution in [0.2, 0.25) is 5.02 Å². The number of H-pyrrole nitrogens is 1. The molecule has 0 unspecified atom stereocenters. The van der Waals surface area contributed by atoms with Crippen LogP contribution < -0.4 is 0 Å². The van der Waals surface area contributed by atoms with E-state index >= 15 is 0 Å². The van der Waals surface area contributed by atoms with Gasteiger partial charge in [0.25, 0.3) is 11.8 Å². The van der Waals surface area contributed by atoms with Gasteiger partial charge >= 0.3 is 0 Å². The van der Waals surface area contributed by atoms with Gasteiger partial charge in [-0.1, -0.05) is 35.9 Å². The molecule has 0 atom stereocenters. The van der Waals surface area contributed by atoms with E-state index in [2.05, 4.69) is 9.98 Å². The molecule has 0 fully saturated rings. The highest BCUT2D eigenvalue weighted by atomic mass is 35.5. The molecule has 140 valence electrons. The van der Waals surface area contributed by atoms with E-state index < -0.39 is 5.91 Å². The second-order valence-corrected chi connectivity index (χ2v) is 7.08. The molecule has 2 aromatic carbocycles. The number of carbonyl (C=O) groups excluding carboxylic acids is 2. The summed E-state index contributed by atoms with van der Waals surface area (Å²) in [6.07, 6.45) is 0. The Balaban J connectivity index is 1.76. The minimum Gasteiger partial charge on any atom is -0.494 e. The largest absolute Gasteiger partial charge is 0.494 e. The van der Waals surface area contributed by atoms with E-state index in [1.54, 1.807) is 62.6 Å². The number of nitrogens with zero attached hydrogens (tertiary/aromatic N) is 2. The number of carbonyl (C=O) groups is 2. The summed E-state index contributed by atoms with van der Waals surface area (Å²) in [6, 6.07) is 13.7. The van der Waals surface area contributed by atoms with Gasteiger partial charge in [0.1, 0.15) is 0 Å². The van der Waals surface area contributed by atoms with Crippen molar-refractivity contribution in [3.63, 3.8) is 0 Å². The van der Waals surface area contributed by atoms with Crippen molar-refractivity contribution < 1.29 is 14.7 Å². The molecule has 1 aliphatic heterocycles. The fourth-order valence-corrected chi connectivity index (χ4v) is 3.34. The van der Waals surface area contributed by atoms with Gasteiger partial charge in [0, 0.05) is 30.2 Å². The third-order valence-electron chi connectivity index (χ3n) is 4.59. The molecule has 0 radical (unpaired) electrons. The zero-order valence-corrected chi connectivity index (χ0v) is 15.9. The van der Waals surface area contributed by atoms with Crippen LogP contribution in [-0.4, -0.2) is 46.6 Å². The van der Waals surface area contributed by atoms with Crippen molar-refractivity contribution in [1.82, 2.24) is 9.88 Å². The monoisotopic (exact) mass is 393 g/mol. The molecule has 3 aromatic rings. The summed E-state index contributed by atoms with van der Waals surface area (Å²) < 4.78 is 0. The average Bonchev–Trinajstić information content (AvgIpc) is 3.20. The highest BCUT2D eigenvalue weighted by Crippen LogP contribution is 2.38. The Hall–Kier alpha value is -3.38. The lowest BCUT2D eigenvalue weighted by Gasteiger charge is -2.10. The van der Waals surface area contributed by atoms with Crippen LogP contribution in [-0.2, 0) is 0 Å². The number of aromatic amines is 1. The van der Waals surface area contributed by atoms with Crippen LogP contribution in [0.25, 0.3) is 11.3 Å². The summed E-state index contributed by atoms with van der Waals surface area (Å²) in [7, 11) is 3.36. The molecule has 7 heteroatoms. The lowest BCUT2D eigenvalue weighted by Crippen LogP contribution is -2.21. The Morgan fingerprint density at radius 3 is 2.21 bits per heavy atom. The Morgan fingerprint density at radius 2 is 1.61 bits per heavy atom. The predicted octanol–water partition coefficient (Wildman–Crippen LogP) is 3.73. The maximum Gasteiger partial charge on any atom is 0.280 e. The number of aliphatic imine (C=N–C) groups is 1. The lowest BCUT2D eigenvalue weighted by atomic mass is 9.99. The third-order valence-corrected chi connectivity index (χ3v) is 4.84. The zero-order valence-electron chi connectivity index (χ0n) is 15.2. The van der Waals surface area contributed by atoms with E-state index in [4.69, 9.17) is 11.6 Å². The number of nitrogens with one attached hydrogen (secondary N) is 1. The van der Waals surface area contributed by atoms with E-state index in [1.165, 1.54) is 4.90 Å². The summed E-state index contributed by atoms with van der Waals surface area (Å²) in [5.41, 5.74) is 3.44. The van der Waals surface area contributed by atoms with E-state index in [0.717, 1.165) is 0 Å². The van der Waals surface area contributed by atoms with E-state index in [0.29, 0.717) is 44.2 Å². The average molecular weight is 394 g/mol. The van der Waals surface area contributed by atoms with Gasteiger partial charge in [0.2, 0.25) is 0 Å². The van der Waals surface area contributed by atoms with Crippen LogP contribution in [0.5, 0.6) is 5.88 Å². The van der Waals surface area contributed by atoms with Gasteiger partial charge in [0.05, 0.1) is 22.5 Å². The highest BCUT2D eigenvalue weighted by Gasteiger charge is 2.33. The van der Waals surface area contributed by atoms with Gasteiger partial charge in [-0.15, -0.1) is 0 Å². The van der Waals surface area contributed by atoms with Gasteiger partial charge in [-0.2, -0.15) is 0 Å². The quantitative estimate of drug-likeness (QED) is 0.710. The number of hydrogen-bond acceptors (Lipinski definition) is 3. The van der Waals surface area contributed by atoms with Crippen LogP contribution in [0.4, 0.5) is 0 Å². The Morgan fingerprint density at radius 1 is 1.00 bits per heavy atom. The molecule has 4 rings (SSSR count). The maximum absolute atomic E-state index is 12.6. The standard InChI is InChI=1S/C21H16ClN3O3/c1-25(2)21(28)13-5-3-11(4-6-13)17-15-16(20(27)23-17)18(24-19(15)26)12-7-9-14(22)10-8-12/h3-10,23,27H,1-2H3. The van der Waals surface area contributed by atoms with Crippen LogP contribution in [0.3, 0.4) is 0 Å². The van der Waals surface area contributed by atoms with E-state index in [-0.39, 0.29) is 11.8 Å². The smallest absolute Gasteiger partial charge is 0.280 e. The molecule has 2 amide bonds. The van der Waals surface area contributed by atoms with Crippen molar-refractivity contribution in [2.24, 2.45) is 4.99 Å². The number of hydrogen-bond donors (Lipinski definition) is 2.